The normalized spacial score (nSPS) is 12.4. The first-order valence-corrected chi connectivity index (χ1v) is 6.72. The molecule has 6 nitrogen and oxygen atoms in total. The molecule has 1 rings (SSSR count). The summed E-state index contributed by atoms with van der Waals surface area (Å²) in [6.07, 6.45) is 0. The molecular weight excluding hydrogens is 274 g/mol. The Hall–Kier alpha value is -1.63. The summed E-state index contributed by atoms with van der Waals surface area (Å²) >= 11 is 0. The lowest BCUT2D eigenvalue weighted by atomic mass is 10.0. The van der Waals surface area contributed by atoms with E-state index in [-0.39, 0.29) is 0 Å². The Morgan fingerprint density at radius 3 is 2.29 bits per heavy atom. The molecule has 21 heavy (non-hydrogen) atoms. The molecule has 0 aliphatic carbocycles. The summed E-state index contributed by atoms with van der Waals surface area (Å²) in [5.41, 5.74) is 0.675. The fourth-order valence-electron chi connectivity index (χ4n) is 2.11. The Labute approximate surface area is 125 Å². The number of carboxylic acid groups (broad SMARTS) is 1. The van der Waals surface area contributed by atoms with Crippen LogP contribution in [0.25, 0.3) is 0 Å². The lowest BCUT2D eigenvalue weighted by Crippen LogP contribution is -2.38. The molecule has 0 radical (unpaired) electrons. The molecular formula is C15H23NO5. The molecule has 1 aromatic rings. The highest BCUT2D eigenvalue weighted by atomic mass is 16.5. The van der Waals surface area contributed by atoms with Gasteiger partial charge in [-0.1, -0.05) is 12.1 Å². The van der Waals surface area contributed by atoms with E-state index >= 15 is 0 Å². The Morgan fingerprint density at radius 1 is 1.19 bits per heavy atom. The number of methoxy groups -OCH3 is 3. The summed E-state index contributed by atoms with van der Waals surface area (Å²) in [5, 5.41) is 9.60. The zero-order valence-electron chi connectivity index (χ0n) is 12.7. The molecule has 118 valence electrons. The number of carbonyl (C=O) groups is 1. The van der Waals surface area contributed by atoms with E-state index in [1.807, 2.05) is 4.90 Å². The summed E-state index contributed by atoms with van der Waals surface area (Å²) in [6, 6.07) is 6.34. The monoisotopic (exact) mass is 297 g/mol. The van der Waals surface area contributed by atoms with Crippen LogP contribution in [0.15, 0.2) is 24.3 Å². The van der Waals surface area contributed by atoms with Gasteiger partial charge in [-0.2, -0.15) is 0 Å². The number of ether oxygens (including phenoxy) is 3. The minimum atomic E-state index is -0.907. The Bertz CT molecular complexity index is 430. The molecule has 0 fully saturated rings. The maximum absolute atomic E-state index is 11.7. The van der Waals surface area contributed by atoms with Crippen molar-refractivity contribution >= 4 is 5.97 Å². The van der Waals surface area contributed by atoms with E-state index in [4.69, 9.17) is 14.2 Å². The maximum atomic E-state index is 11.7. The minimum absolute atomic E-state index is 0.456. The standard InChI is InChI=1S/C15H23NO5/c1-19-9-7-16(8-10-20-2)14(15(17)18)12-5-4-6-13(11-12)21-3/h4-6,11,14H,7-10H2,1-3H3,(H,17,18). The highest BCUT2D eigenvalue weighted by Gasteiger charge is 2.27. The SMILES string of the molecule is COCCN(CCOC)C(C(=O)O)c1cccc(OC)c1. The molecule has 0 spiro atoms. The zero-order valence-corrected chi connectivity index (χ0v) is 12.7. The molecule has 0 amide bonds. The number of rotatable bonds is 10. The fourth-order valence-corrected chi connectivity index (χ4v) is 2.11. The van der Waals surface area contributed by atoms with E-state index in [0.29, 0.717) is 37.6 Å². The minimum Gasteiger partial charge on any atom is -0.497 e. The van der Waals surface area contributed by atoms with E-state index in [1.165, 1.54) is 0 Å². The number of hydrogen-bond donors (Lipinski definition) is 1. The maximum Gasteiger partial charge on any atom is 0.325 e. The highest BCUT2D eigenvalue weighted by molar-refractivity contribution is 5.75. The molecule has 0 bridgehead atoms. The molecule has 0 saturated carbocycles. The van der Waals surface area contributed by atoms with Crippen molar-refractivity contribution in [3.63, 3.8) is 0 Å². The summed E-state index contributed by atoms with van der Waals surface area (Å²) in [7, 11) is 4.74. The van der Waals surface area contributed by atoms with Gasteiger partial charge < -0.3 is 19.3 Å². The number of aliphatic carboxylic acids is 1. The lowest BCUT2D eigenvalue weighted by Gasteiger charge is -2.28. The van der Waals surface area contributed by atoms with Crippen molar-refractivity contribution in [2.24, 2.45) is 0 Å². The number of hydrogen-bond acceptors (Lipinski definition) is 5. The van der Waals surface area contributed by atoms with Gasteiger partial charge in [0.2, 0.25) is 0 Å². The van der Waals surface area contributed by atoms with Gasteiger partial charge in [-0.3, -0.25) is 9.69 Å². The Kier molecular flexibility index (Phi) is 7.74. The highest BCUT2D eigenvalue weighted by Crippen LogP contribution is 2.24. The van der Waals surface area contributed by atoms with Gasteiger partial charge in [-0.05, 0) is 17.7 Å². The van der Waals surface area contributed by atoms with Gasteiger partial charge in [0.1, 0.15) is 11.8 Å². The van der Waals surface area contributed by atoms with Crippen molar-refractivity contribution in [3.8, 4) is 5.75 Å². The summed E-state index contributed by atoms with van der Waals surface area (Å²) in [5.74, 6) is -0.271. The largest absolute Gasteiger partial charge is 0.497 e. The average Bonchev–Trinajstić information content (AvgIpc) is 2.49. The van der Waals surface area contributed by atoms with Crippen LogP contribution < -0.4 is 4.74 Å². The Morgan fingerprint density at radius 2 is 1.81 bits per heavy atom. The second-order valence-electron chi connectivity index (χ2n) is 4.54. The first-order valence-electron chi connectivity index (χ1n) is 6.72. The first kappa shape index (κ1) is 17.4. The van der Waals surface area contributed by atoms with Crippen molar-refractivity contribution < 1.29 is 24.1 Å². The smallest absolute Gasteiger partial charge is 0.325 e. The Balaban J connectivity index is 3.01. The van der Waals surface area contributed by atoms with Crippen LogP contribution in [0.2, 0.25) is 0 Å². The van der Waals surface area contributed by atoms with Crippen LogP contribution in [0.4, 0.5) is 0 Å². The van der Waals surface area contributed by atoms with Gasteiger partial charge in [0.25, 0.3) is 0 Å². The topological polar surface area (TPSA) is 68.2 Å². The number of nitrogens with zero attached hydrogens (tertiary/aromatic N) is 1. The third-order valence-corrected chi connectivity index (χ3v) is 3.17. The van der Waals surface area contributed by atoms with Crippen LogP contribution >= 0.6 is 0 Å². The first-order chi connectivity index (χ1) is 10.1. The van der Waals surface area contributed by atoms with Crippen molar-refractivity contribution in [1.82, 2.24) is 4.90 Å². The van der Waals surface area contributed by atoms with E-state index in [1.54, 1.807) is 45.6 Å². The second kappa shape index (κ2) is 9.33. The predicted molar refractivity (Wildman–Crippen MR) is 78.7 cm³/mol. The zero-order chi connectivity index (χ0) is 15.7. The van der Waals surface area contributed by atoms with Gasteiger partial charge in [-0.15, -0.1) is 0 Å². The molecule has 1 atom stereocenters. The molecule has 0 heterocycles. The van der Waals surface area contributed by atoms with E-state index in [0.717, 1.165) is 0 Å². The second-order valence-corrected chi connectivity index (χ2v) is 4.54. The third-order valence-electron chi connectivity index (χ3n) is 3.17. The quantitative estimate of drug-likeness (QED) is 0.704. The van der Waals surface area contributed by atoms with E-state index < -0.39 is 12.0 Å². The molecule has 1 N–H and O–H groups in total. The van der Waals surface area contributed by atoms with Gasteiger partial charge in [0.05, 0.1) is 20.3 Å². The third kappa shape index (κ3) is 5.34. The number of benzene rings is 1. The van der Waals surface area contributed by atoms with Crippen molar-refractivity contribution in [3.05, 3.63) is 29.8 Å². The predicted octanol–water partition coefficient (Wildman–Crippen LogP) is 1.42. The van der Waals surface area contributed by atoms with Crippen molar-refractivity contribution in [1.29, 1.82) is 0 Å². The van der Waals surface area contributed by atoms with Crippen LogP contribution in [-0.4, -0.2) is 63.6 Å². The summed E-state index contributed by atoms with van der Waals surface area (Å²) < 4.78 is 15.3. The molecule has 6 heteroatoms. The summed E-state index contributed by atoms with van der Waals surface area (Å²) in [4.78, 5) is 13.5. The van der Waals surface area contributed by atoms with Crippen LogP contribution in [-0.2, 0) is 14.3 Å². The van der Waals surface area contributed by atoms with Crippen LogP contribution in [0.3, 0.4) is 0 Å². The van der Waals surface area contributed by atoms with Crippen molar-refractivity contribution in [2.45, 2.75) is 6.04 Å². The summed E-state index contributed by atoms with van der Waals surface area (Å²) in [6.45, 7) is 1.93. The van der Waals surface area contributed by atoms with Crippen LogP contribution in [0.1, 0.15) is 11.6 Å². The van der Waals surface area contributed by atoms with Crippen LogP contribution in [0, 0.1) is 0 Å². The van der Waals surface area contributed by atoms with Gasteiger partial charge >= 0.3 is 5.97 Å². The molecule has 0 saturated heterocycles. The molecule has 0 aliphatic rings. The lowest BCUT2D eigenvalue weighted by molar-refractivity contribution is -0.144. The van der Waals surface area contributed by atoms with Crippen LogP contribution in [0.5, 0.6) is 5.75 Å². The molecule has 0 aromatic heterocycles. The van der Waals surface area contributed by atoms with Crippen molar-refractivity contribution in [2.75, 3.05) is 47.6 Å². The number of carboxylic acids is 1. The fraction of sp³-hybridized carbons (Fsp3) is 0.533. The van der Waals surface area contributed by atoms with Gasteiger partial charge in [0, 0.05) is 27.3 Å². The molecule has 1 aromatic carbocycles. The average molecular weight is 297 g/mol. The molecule has 0 aliphatic heterocycles. The van der Waals surface area contributed by atoms with E-state index in [2.05, 4.69) is 0 Å². The molecule has 1 unspecified atom stereocenters. The van der Waals surface area contributed by atoms with E-state index in [9.17, 15) is 9.90 Å². The van der Waals surface area contributed by atoms with Gasteiger partial charge in [0.15, 0.2) is 0 Å². The van der Waals surface area contributed by atoms with Gasteiger partial charge in [-0.25, -0.2) is 0 Å².